The number of aldehydes is 6. The van der Waals surface area contributed by atoms with Crippen LogP contribution in [0.3, 0.4) is 0 Å². The number of aromatic nitrogens is 2. The van der Waals surface area contributed by atoms with Crippen molar-refractivity contribution in [3.8, 4) is 33.8 Å². The summed E-state index contributed by atoms with van der Waals surface area (Å²) in [4.78, 5) is 98.3. The minimum absolute atomic E-state index is 0.0869. The third-order valence-electron chi connectivity index (χ3n) is 16.3. The van der Waals surface area contributed by atoms with Gasteiger partial charge in [0.05, 0.1) is 23.1 Å². The van der Waals surface area contributed by atoms with E-state index in [4.69, 9.17) is 44.8 Å². The molecule has 0 unspecified atom stereocenters. The Morgan fingerprint density at radius 1 is 0.459 bits per heavy atom. The maximum absolute atomic E-state index is 11.0. The standard InChI is InChI=1S/C10H9BO2.C10H6O3.C9H7NO.C9H6O2.C9H10O.C8H7BO3.C8H8O.C7H9BO2.C7H12O.C5H5NO.C5H4O2/c12-11(13)10-6-5-8-3-1-2-4-9(8)7-10;11-8-7(9(12)10(8)13)6-4-2-1-3-5-6;11-6-7-5-10-9-4-2-1-3-8(7)9;10-8-7(9(8)11)6-4-2-1-3-5-6;10-8-4-7-9-5-2-1-3-6-9;10-9(11)8-5-6-3-1-2-4-7(6)12-8;9-7-6-8-4-2-1-3-5-8;1-6-2-4-7(5-3-6)8(9)10;8-6-7-4-2-1-3-5-7;7-4-5-2-1-3-6-5;6-4-5-2-1-3-7-5/h1-7,12-13H;1-5,11H;1-6,10H;1-5,10H;1-3,5-6,8H,4,7H2;1-5,10-11H;1-5,7H,6H2;2-5,9-10H,1H3;6-7H,1-5H2;1-4,6H;1-4H. The Morgan fingerprint density at radius 3 is 1.47 bits per heavy atom. The van der Waals surface area contributed by atoms with Crippen molar-refractivity contribution in [2.45, 2.75) is 58.3 Å². The van der Waals surface area contributed by atoms with Gasteiger partial charge in [0.15, 0.2) is 36.1 Å². The Morgan fingerprint density at radius 2 is 1.00 bits per heavy atom. The summed E-state index contributed by atoms with van der Waals surface area (Å²) >= 11 is 0. The van der Waals surface area contributed by atoms with Gasteiger partial charge in [-0.15, -0.1) is 0 Å². The van der Waals surface area contributed by atoms with Crippen LogP contribution in [0.1, 0.15) is 86.6 Å². The van der Waals surface area contributed by atoms with E-state index in [1.54, 1.807) is 116 Å². The molecule has 16 rings (SSSR count). The molecule has 0 spiro atoms. The van der Waals surface area contributed by atoms with E-state index in [0.717, 1.165) is 100 Å². The molecule has 0 saturated heterocycles. The fourth-order valence-electron chi connectivity index (χ4n) is 10.3. The van der Waals surface area contributed by atoms with Crippen molar-refractivity contribution in [2.75, 3.05) is 0 Å². The molecule has 24 heteroatoms. The Hall–Kier alpha value is -13.1. The van der Waals surface area contributed by atoms with Gasteiger partial charge in [-0.1, -0.05) is 249 Å². The molecule has 1 aliphatic carbocycles. The molecule has 564 valence electrons. The zero-order chi connectivity index (χ0) is 80.1. The van der Waals surface area contributed by atoms with Gasteiger partial charge in [0.25, 0.3) is 5.43 Å². The second kappa shape index (κ2) is 48.3. The van der Waals surface area contributed by atoms with Crippen LogP contribution in [0.5, 0.6) is 11.5 Å². The summed E-state index contributed by atoms with van der Waals surface area (Å²) < 4.78 is 9.74. The summed E-state index contributed by atoms with van der Waals surface area (Å²) in [6.45, 7) is 1.95. The first-order valence-corrected chi connectivity index (χ1v) is 35.1. The highest BCUT2D eigenvalue weighted by atomic mass is 16.4. The summed E-state index contributed by atoms with van der Waals surface area (Å²) in [5.74, 6) is 0.274. The van der Waals surface area contributed by atoms with Gasteiger partial charge in [-0.05, 0) is 113 Å². The second-order valence-electron chi connectivity index (χ2n) is 24.4. The van der Waals surface area contributed by atoms with Crippen molar-refractivity contribution < 1.29 is 78.0 Å². The molecule has 0 radical (unpaired) electrons. The lowest BCUT2D eigenvalue weighted by Gasteiger charge is -2.14. The molecule has 4 aromatic heterocycles. The van der Waals surface area contributed by atoms with Gasteiger partial charge in [-0.2, -0.15) is 0 Å². The number of aromatic amines is 2. The smallest absolute Gasteiger partial charge is 0.504 e. The summed E-state index contributed by atoms with van der Waals surface area (Å²) in [5, 5.41) is 74.8. The van der Waals surface area contributed by atoms with Crippen LogP contribution >= 0.6 is 0 Å². The highest BCUT2D eigenvalue weighted by Crippen LogP contribution is 2.30. The highest BCUT2D eigenvalue weighted by Gasteiger charge is 2.23. The lowest BCUT2D eigenvalue weighted by atomic mass is 9.79. The Kier molecular flexibility index (Phi) is 37.8. The molecule has 15 aromatic rings. The molecule has 10 N–H and O–H groups in total. The fraction of sp³-hybridized carbons (Fsp3) is 0.115. The van der Waals surface area contributed by atoms with E-state index < -0.39 is 38.0 Å². The van der Waals surface area contributed by atoms with E-state index in [1.807, 2.05) is 171 Å². The number of H-pyrrole nitrogens is 2. The average Bonchev–Trinajstić information content (AvgIpc) is 1.76. The molecule has 1 aliphatic rings. The molecular weight excluding hydrogens is 1410 g/mol. The van der Waals surface area contributed by atoms with Crippen LogP contribution in [-0.4, -0.2) is 109 Å². The van der Waals surface area contributed by atoms with Crippen LogP contribution in [0.2, 0.25) is 0 Å². The third-order valence-corrected chi connectivity index (χ3v) is 16.3. The van der Waals surface area contributed by atoms with Gasteiger partial charge in [0.1, 0.15) is 30.1 Å². The molecule has 0 aliphatic heterocycles. The maximum atomic E-state index is 11.0. The average molecular weight is 1490 g/mol. The molecule has 0 amide bonds. The van der Waals surface area contributed by atoms with Crippen LogP contribution in [0, 0.1) is 12.8 Å². The Balaban J connectivity index is 0.000000191. The minimum Gasteiger partial charge on any atom is -0.504 e. The molecule has 111 heavy (non-hydrogen) atoms. The zero-order valence-corrected chi connectivity index (χ0v) is 60.6. The number of para-hydroxylation sites is 2. The number of hydrogen-bond donors (Lipinski definition) is 10. The van der Waals surface area contributed by atoms with E-state index in [2.05, 4.69) is 14.4 Å². The molecule has 1 saturated carbocycles. The van der Waals surface area contributed by atoms with Gasteiger partial charge >= 0.3 is 21.4 Å². The summed E-state index contributed by atoms with van der Waals surface area (Å²) in [6.07, 6.45) is 18.4. The number of benzene rings is 9. The topological polar surface area (TPSA) is 373 Å². The first-order chi connectivity index (χ1) is 53.8. The van der Waals surface area contributed by atoms with Crippen LogP contribution in [0.4, 0.5) is 0 Å². The summed E-state index contributed by atoms with van der Waals surface area (Å²) in [6, 6.07) is 81.2. The monoisotopic (exact) mass is 1490 g/mol. The first kappa shape index (κ1) is 86.9. The van der Waals surface area contributed by atoms with Crippen molar-refractivity contribution in [3.63, 3.8) is 0 Å². The molecule has 4 heterocycles. The Bertz CT molecular complexity index is 5170. The fourth-order valence-corrected chi connectivity index (χ4v) is 10.3. The van der Waals surface area contributed by atoms with Crippen LogP contribution < -0.4 is 32.9 Å². The van der Waals surface area contributed by atoms with Crippen molar-refractivity contribution in [1.29, 1.82) is 0 Å². The molecule has 11 aromatic carbocycles. The van der Waals surface area contributed by atoms with Gasteiger partial charge in [0, 0.05) is 53.0 Å². The van der Waals surface area contributed by atoms with Crippen molar-refractivity contribution in [1.82, 2.24) is 9.97 Å². The van der Waals surface area contributed by atoms with E-state index in [9.17, 15) is 43.2 Å². The summed E-state index contributed by atoms with van der Waals surface area (Å²) in [5.41, 5.74) is 8.04. The van der Waals surface area contributed by atoms with Crippen LogP contribution in [0.15, 0.2) is 309 Å². The third kappa shape index (κ3) is 29.9. The van der Waals surface area contributed by atoms with Gasteiger partial charge in [-0.25, -0.2) is 0 Å². The van der Waals surface area contributed by atoms with E-state index >= 15 is 0 Å². The number of aryl methyl sites for hydroxylation is 2. The minimum atomic E-state index is -1.53. The predicted octanol–water partition coefficient (Wildman–Crippen LogP) is 11.2. The molecule has 0 bridgehead atoms. The van der Waals surface area contributed by atoms with Crippen molar-refractivity contribution >= 4 is 108 Å². The second-order valence-corrected chi connectivity index (χ2v) is 24.4. The Labute approximate surface area is 640 Å². The number of carbonyl (C=O) groups is 6. The number of fused-ring (bicyclic) bond motifs is 3. The van der Waals surface area contributed by atoms with E-state index in [0.29, 0.717) is 64.1 Å². The molecule has 0 atom stereocenters. The lowest BCUT2D eigenvalue weighted by Crippen LogP contribution is -2.31. The van der Waals surface area contributed by atoms with E-state index in [-0.39, 0.29) is 22.4 Å². The van der Waals surface area contributed by atoms with Crippen molar-refractivity contribution in [2.24, 2.45) is 5.92 Å². The van der Waals surface area contributed by atoms with Crippen LogP contribution in [-0.2, 0) is 27.2 Å². The van der Waals surface area contributed by atoms with Crippen LogP contribution in [0.25, 0.3) is 54.9 Å². The summed E-state index contributed by atoms with van der Waals surface area (Å²) in [7, 11) is -4.26. The normalized spacial score (nSPS) is 10.8. The van der Waals surface area contributed by atoms with Crippen molar-refractivity contribution in [3.05, 3.63) is 350 Å². The SMILES string of the molecule is Cc1ccc(B(O)O)cc1.O=CC1CCCCC1.O=CCCc1ccccc1.O=CCc1ccccc1.O=Cc1c[nH]c2ccccc12.O=Cc1ccc[nH]1.O=Cc1ccco1.O=c1c(O)c(-c2ccccc2)c1=O.O=c1c(O)c1-c1ccccc1.OB(O)c1cc2ccccc2o1.OB(O)c1ccc2ccccc2c1. The van der Waals surface area contributed by atoms with Gasteiger partial charge in [0.2, 0.25) is 10.9 Å². The van der Waals surface area contributed by atoms with E-state index in [1.165, 1.54) is 31.1 Å². The number of rotatable bonds is 14. The van der Waals surface area contributed by atoms with Gasteiger partial charge in [-0.3, -0.25) is 28.8 Å². The lowest BCUT2D eigenvalue weighted by molar-refractivity contribution is -0.112. The molecular formula is C87H83B3N2O19. The number of aromatic hydroxyl groups is 2. The number of carbonyl (C=O) groups excluding carboxylic acids is 6. The molecule has 1 fully saturated rings. The maximum Gasteiger partial charge on any atom is 0.526 e. The first-order valence-electron chi connectivity index (χ1n) is 35.1. The van der Waals surface area contributed by atoms with Gasteiger partial charge < -0.3 is 73.5 Å². The zero-order valence-electron chi connectivity index (χ0n) is 60.6. The number of nitrogens with one attached hydrogen (secondary N) is 2. The quantitative estimate of drug-likeness (QED) is 0.0275. The largest absolute Gasteiger partial charge is 0.526 e. The highest BCUT2D eigenvalue weighted by molar-refractivity contribution is 6.59. The predicted molar refractivity (Wildman–Crippen MR) is 435 cm³/mol. The molecule has 21 nitrogen and oxygen atoms in total. The number of furan rings is 2. The number of hydrogen-bond acceptors (Lipinski definition) is 19.